The van der Waals surface area contributed by atoms with E-state index in [0.29, 0.717) is 11.0 Å². The zero-order chi connectivity index (χ0) is 12.3. The number of phenolic OH excluding ortho intramolecular Hbond substituents is 1. The lowest BCUT2D eigenvalue weighted by Crippen LogP contribution is -2.01. The molecule has 0 aliphatic rings. The first-order chi connectivity index (χ1) is 8.16. The van der Waals surface area contributed by atoms with Crippen LogP contribution in [0.5, 0.6) is 5.75 Å². The predicted molar refractivity (Wildman–Crippen MR) is 72.1 cm³/mol. The normalized spacial score (nSPS) is 10.2. The van der Waals surface area contributed by atoms with Crippen molar-refractivity contribution in [3.05, 3.63) is 52.3 Å². The molecule has 2 rings (SSSR count). The molecule has 0 saturated heterocycles. The molecule has 0 amide bonds. The van der Waals surface area contributed by atoms with Crippen LogP contribution in [0.25, 0.3) is 0 Å². The van der Waals surface area contributed by atoms with Gasteiger partial charge < -0.3 is 10.4 Å². The van der Waals surface area contributed by atoms with Crippen molar-refractivity contribution in [1.82, 2.24) is 4.98 Å². The van der Waals surface area contributed by atoms with Gasteiger partial charge in [0.1, 0.15) is 5.75 Å². The highest BCUT2D eigenvalue weighted by Gasteiger charge is 2.01. The molecule has 0 fully saturated rings. The summed E-state index contributed by atoms with van der Waals surface area (Å²) in [5, 5.41) is 12.7. The van der Waals surface area contributed by atoms with E-state index < -0.39 is 0 Å². The summed E-state index contributed by atoms with van der Waals surface area (Å²) in [4.78, 5) is 4.21. The van der Waals surface area contributed by atoms with Gasteiger partial charge in [-0.1, -0.05) is 6.07 Å². The standard InChI is InChI=1S/C13H13BrN2O/c1-9-12(3-2-6-15-9)16-8-10-4-5-13(17)11(14)7-10/h2-7,16-17H,8H2,1H3. The maximum Gasteiger partial charge on any atom is 0.129 e. The van der Waals surface area contributed by atoms with Gasteiger partial charge in [0.25, 0.3) is 0 Å². The summed E-state index contributed by atoms with van der Waals surface area (Å²) in [6, 6.07) is 9.36. The number of phenols is 1. The predicted octanol–water partition coefficient (Wildman–Crippen LogP) is 3.47. The molecule has 3 nitrogen and oxygen atoms in total. The second-order valence-corrected chi connectivity index (χ2v) is 4.63. The summed E-state index contributed by atoms with van der Waals surface area (Å²) < 4.78 is 0.708. The Morgan fingerprint density at radius 2 is 2.18 bits per heavy atom. The number of hydrogen-bond acceptors (Lipinski definition) is 3. The first kappa shape index (κ1) is 11.9. The molecule has 4 heteroatoms. The van der Waals surface area contributed by atoms with Crippen molar-refractivity contribution in [2.75, 3.05) is 5.32 Å². The Kier molecular flexibility index (Phi) is 3.64. The molecule has 88 valence electrons. The largest absolute Gasteiger partial charge is 0.507 e. The molecule has 1 heterocycles. The lowest BCUT2D eigenvalue weighted by Gasteiger charge is -2.09. The van der Waals surface area contributed by atoms with Crippen LogP contribution in [0.4, 0.5) is 5.69 Å². The third kappa shape index (κ3) is 2.97. The second kappa shape index (κ2) is 5.19. The average molecular weight is 293 g/mol. The number of hydrogen-bond donors (Lipinski definition) is 2. The number of benzene rings is 1. The highest BCUT2D eigenvalue weighted by molar-refractivity contribution is 9.10. The zero-order valence-corrected chi connectivity index (χ0v) is 11.0. The third-order valence-corrected chi connectivity index (χ3v) is 3.14. The highest BCUT2D eigenvalue weighted by Crippen LogP contribution is 2.24. The molecule has 1 aromatic heterocycles. The van der Waals surface area contributed by atoms with Gasteiger partial charge >= 0.3 is 0 Å². The van der Waals surface area contributed by atoms with Gasteiger partial charge in [-0.05, 0) is 52.7 Å². The van der Waals surface area contributed by atoms with E-state index in [0.717, 1.165) is 16.9 Å². The van der Waals surface area contributed by atoms with Crippen molar-refractivity contribution in [2.24, 2.45) is 0 Å². The lowest BCUT2D eigenvalue weighted by atomic mass is 10.2. The summed E-state index contributed by atoms with van der Waals surface area (Å²) >= 11 is 3.30. The molecule has 0 atom stereocenters. The number of halogens is 1. The molecule has 0 bridgehead atoms. The number of nitrogens with one attached hydrogen (secondary N) is 1. The summed E-state index contributed by atoms with van der Waals surface area (Å²) in [7, 11) is 0. The van der Waals surface area contributed by atoms with Gasteiger partial charge in [-0.2, -0.15) is 0 Å². The van der Waals surface area contributed by atoms with Crippen LogP contribution in [-0.4, -0.2) is 10.1 Å². The minimum Gasteiger partial charge on any atom is -0.507 e. The van der Waals surface area contributed by atoms with Crippen molar-refractivity contribution in [3.8, 4) is 5.75 Å². The van der Waals surface area contributed by atoms with Crippen LogP contribution >= 0.6 is 15.9 Å². The second-order valence-electron chi connectivity index (χ2n) is 3.78. The fourth-order valence-electron chi connectivity index (χ4n) is 1.53. The minimum atomic E-state index is 0.256. The molecule has 0 aliphatic carbocycles. The number of aryl methyl sites for hydroxylation is 1. The number of rotatable bonds is 3. The van der Waals surface area contributed by atoms with E-state index in [1.54, 1.807) is 12.3 Å². The van der Waals surface area contributed by atoms with E-state index in [4.69, 9.17) is 0 Å². The molecule has 0 aliphatic heterocycles. The summed E-state index contributed by atoms with van der Waals surface area (Å²) in [5.74, 6) is 0.256. The van der Waals surface area contributed by atoms with Gasteiger partial charge in [-0.15, -0.1) is 0 Å². The Balaban J connectivity index is 2.08. The number of pyridine rings is 1. The molecule has 0 radical (unpaired) electrons. The monoisotopic (exact) mass is 292 g/mol. The average Bonchev–Trinajstić information content (AvgIpc) is 2.32. The van der Waals surface area contributed by atoms with Gasteiger partial charge in [0, 0.05) is 12.7 Å². The maximum absolute atomic E-state index is 9.40. The Hall–Kier alpha value is -1.55. The number of nitrogens with zero attached hydrogens (tertiary/aromatic N) is 1. The molecule has 0 spiro atoms. The molecule has 2 aromatic rings. The van der Waals surface area contributed by atoms with Gasteiger partial charge in [-0.25, -0.2) is 0 Å². The fourth-order valence-corrected chi connectivity index (χ4v) is 1.95. The van der Waals surface area contributed by atoms with E-state index >= 15 is 0 Å². The van der Waals surface area contributed by atoms with E-state index in [2.05, 4.69) is 26.2 Å². The van der Waals surface area contributed by atoms with Gasteiger partial charge in [0.15, 0.2) is 0 Å². The summed E-state index contributed by atoms with van der Waals surface area (Å²) in [6.45, 7) is 2.67. The topological polar surface area (TPSA) is 45.2 Å². The SMILES string of the molecule is Cc1ncccc1NCc1ccc(O)c(Br)c1. The van der Waals surface area contributed by atoms with Crippen molar-refractivity contribution in [2.45, 2.75) is 13.5 Å². The summed E-state index contributed by atoms with van der Waals surface area (Å²) in [5.41, 5.74) is 3.10. The molecular weight excluding hydrogens is 280 g/mol. The number of anilines is 1. The maximum atomic E-state index is 9.40. The van der Waals surface area contributed by atoms with E-state index in [9.17, 15) is 5.11 Å². The van der Waals surface area contributed by atoms with Crippen molar-refractivity contribution < 1.29 is 5.11 Å². The molecule has 1 aromatic carbocycles. The van der Waals surface area contributed by atoms with Crippen LogP contribution in [0.2, 0.25) is 0 Å². The van der Waals surface area contributed by atoms with E-state index in [-0.39, 0.29) is 5.75 Å². The van der Waals surface area contributed by atoms with Crippen LogP contribution in [0.1, 0.15) is 11.3 Å². The number of aromatic nitrogens is 1. The van der Waals surface area contributed by atoms with Crippen LogP contribution in [0, 0.1) is 6.92 Å². The smallest absolute Gasteiger partial charge is 0.129 e. The zero-order valence-electron chi connectivity index (χ0n) is 9.44. The van der Waals surface area contributed by atoms with Gasteiger partial charge in [0.05, 0.1) is 15.9 Å². The van der Waals surface area contributed by atoms with E-state index in [1.807, 2.05) is 31.2 Å². The quantitative estimate of drug-likeness (QED) is 0.910. The molecular formula is C13H13BrN2O. The van der Waals surface area contributed by atoms with E-state index in [1.165, 1.54) is 0 Å². The Morgan fingerprint density at radius 1 is 1.35 bits per heavy atom. The Bertz CT molecular complexity index is 529. The van der Waals surface area contributed by atoms with Crippen LogP contribution in [0.3, 0.4) is 0 Å². The van der Waals surface area contributed by atoms with Gasteiger partial charge in [0.2, 0.25) is 0 Å². The Morgan fingerprint density at radius 3 is 2.88 bits per heavy atom. The lowest BCUT2D eigenvalue weighted by molar-refractivity contribution is 0.471. The van der Waals surface area contributed by atoms with Crippen molar-refractivity contribution >= 4 is 21.6 Å². The van der Waals surface area contributed by atoms with Crippen molar-refractivity contribution in [3.63, 3.8) is 0 Å². The minimum absolute atomic E-state index is 0.256. The first-order valence-electron chi connectivity index (χ1n) is 5.29. The third-order valence-electron chi connectivity index (χ3n) is 2.50. The summed E-state index contributed by atoms with van der Waals surface area (Å²) in [6.07, 6.45) is 1.78. The number of aromatic hydroxyl groups is 1. The van der Waals surface area contributed by atoms with Gasteiger partial charge in [-0.3, -0.25) is 4.98 Å². The fraction of sp³-hybridized carbons (Fsp3) is 0.154. The highest BCUT2D eigenvalue weighted by atomic mass is 79.9. The molecule has 2 N–H and O–H groups in total. The molecule has 0 unspecified atom stereocenters. The first-order valence-corrected chi connectivity index (χ1v) is 6.09. The van der Waals surface area contributed by atoms with Crippen LogP contribution < -0.4 is 5.32 Å². The van der Waals surface area contributed by atoms with Crippen LogP contribution in [-0.2, 0) is 6.54 Å². The van der Waals surface area contributed by atoms with Crippen molar-refractivity contribution in [1.29, 1.82) is 0 Å². The Labute approximate surface area is 109 Å². The van der Waals surface area contributed by atoms with Crippen LogP contribution in [0.15, 0.2) is 41.0 Å². The molecule has 17 heavy (non-hydrogen) atoms. The molecule has 0 saturated carbocycles.